The van der Waals surface area contributed by atoms with E-state index < -0.39 is 0 Å². The first-order chi connectivity index (χ1) is 12.0. The first-order valence-corrected chi connectivity index (χ1v) is 7.95. The molecule has 0 aliphatic rings. The normalized spacial score (nSPS) is 10.5. The Balaban J connectivity index is 1.77. The van der Waals surface area contributed by atoms with Crippen molar-refractivity contribution in [1.82, 2.24) is 20.0 Å². The van der Waals surface area contributed by atoms with Gasteiger partial charge in [0.15, 0.2) is 0 Å². The van der Waals surface area contributed by atoms with Gasteiger partial charge in [0.25, 0.3) is 11.8 Å². The summed E-state index contributed by atoms with van der Waals surface area (Å²) in [5.74, 6) is -0.712. The second-order valence-corrected chi connectivity index (χ2v) is 5.87. The van der Waals surface area contributed by atoms with Crippen LogP contribution in [0.3, 0.4) is 0 Å². The lowest BCUT2D eigenvalue weighted by Gasteiger charge is -2.10. The quantitative estimate of drug-likeness (QED) is 0.722. The summed E-state index contributed by atoms with van der Waals surface area (Å²) in [4.78, 5) is 24.6. The number of para-hydroxylation sites is 1. The number of hydrogen-bond donors (Lipinski definition) is 2. The van der Waals surface area contributed by atoms with Gasteiger partial charge in [-0.1, -0.05) is 18.2 Å². The Morgan fingerprint density at radius 2 is 1.60 bits per heavy atom. The number of amides is 2. The molecule has 2 heterocycles. The van der Waals surface area contributed by atoms with Crippen LogP contribution < -0.4 is 10.9 Å². The van der Waals surface area contributed by atoms with Crippen LogP contribution in [0.25, 0.3) is 5.69 Å². The Labute approximate surface area is 146 Å². The van der Waals surface area contributed by atoms with Gasteiger partial charge < -0.3 is 9.13 Å². The number of hydrazine groups is 1. The van der Waals surface area contributed by atoms with Crippen molar-refractivity contribution in [2.75, 3.05) is 0 Å². The molecule has 3 aromatic rings. The van der Waals surface area contributed by atoms with E-state index in [1.807, 2.05) is 54.8 Å². The van der Waals surface area contributed by atoms with E-state index in [2.05, 4.69) is 10.9 Å². The fraction of sp³-hybridized carbons (Fsp3) is 0.158. The fourth-order valence-corrected chi connectivity index (χ4v) is 2.91. The lowest BCUT2D eigenvalue weighted by Crippen LogP contribution is -2.42. The van der Waals surface area contributed by atoms with E-state index in [1.54, 1.807) is 29.9 Å². The number of carbonyl (C=O) groups is 2. The van der Waals surface area contributed by atoms with Crippen molar-refractivity contribution in [3.8, 4) is 5.69 Å². The molecule has 0 radical (unpaired) electrons. The summed E-state index contributed by atoms with van der Waals surface area (Å²) in [6, 6.07) is 15.1. The average molecular weight is 336 g/mol. The largest absolute Gasteiger partial charge is 0.347 e. The van der Waals surface area contributed by atoms with Gasteiger partial charge in [-0.15, -0.1) is 0 Å². The smallest absolute Gasteiger partial charge is 0.286 e. The van der Waals surface area contributed by atoms with Crippen LogP contribution >= 0.6 is 0 Å². The zero-order valence-electron chi connectivity index (χ0n) is 14.4. The highest BCUT2D eigenvalue weighted by atomic mass is 16.2. The van der Waals surface area contributed by atoms with Crippen LogP contribution in [0.5, 0.6) is 0 Å². The summed E-state index contributed by atoms with van der Waals surface area (Å²) in [6.45, 7) is 3.83. The molecule has 0 aliphatic heterocycles. The number of carbonyl (C=O) groups excluding carboxylic acids is 2. The molecule has 0 unspecified atom stereocenters. The monoisotopic (exact) mass is 336 g/mol. The van der Waals surface area contributed by atoms with Gasteiger partial charge >= 0.3 is 0 Å². The summed E-state index contributed by atoms with van der Waals surface area (Å²) >= 11 is 0. The molecule has 0 atom stereocenters. The molecule has 0 aliphatic carbocycles. The third-order valence-corrected chi connectivity index (χ3v) is 4.16. The van der Waals surface area contributed by atoms with E-state index >= 15 is 0 Å². The van der Waals surface area contributed by atoms with Crippen LogP contribution in [0.15, 0.2) is 54.7 Å². The second-order valence-electron chi connectivity index (χ2n) is 5.87. The van der Waals surface area contributed by atoms with Crippen molar-refractivity contribution in [3.63, 3.8) is 0 Å². The number of rotatable bonds is 3. The van der Waals surface area contributed by atoms with Gasteiger partial charge in [-0.25, -0.2) is 0 Å². The van der Waals surface area contributed by atoms with Gasteiger partial charge in [0.05, 0.1) is 5.56 Å². The molecule has 2 aromatic heterocycles. The van der Waals surface area contributed by atoms with E-state index in [4.69, 9.17) is 0 Å². The third kappa shape index (κ3) is 3.19. The minimum Gasteiger partial charge on any atom is -0.347 e. The summed E-state index contributed by atoms with van der Waals surface area (Å²) < 4.78 is 3.69. The topological polar surface area (TPSA) is 68.1 Å². The van der Waals surface area contributed by atoms with Crippen LogP contribution in [0.2, 0.25) is 0 Å². The third-order valence-electron chi connectivity index (χ3n) is 4.16. The highest BCUT2D eigenvalue weighted by Gasteiger charge is 2.17. The predicted molar refractivity (Wildman–Crippen MR) is 95.6 cm³/mol. The Hall–Kier alpha value is -3.28. The van der Waals surface area contributed by atoms with Crippen LogP contribution in [0.4, 0.5) is 0 Å². The Morgan fingerprint density at radius 3 is 2.24 bits per heavy atom. The lowest BCUT2D eigenvalue weighted by molar-refractivity contribution is 0.0841. The molecular formula is C19H20N4O2. The minimum atomic E-state index is -0.363. The molecule has 0 saturated heterocycles. The molecule has 128 valence electrons. The van der Waals surface area contributed by atoms with Gasteiger partial charge in [0.1, 0.15) is 5.69 Å². The molecule has 1 aromatic carbocycles. The molecule has 2 N–H and O–H groups in total. The molecular weight excluding hydrogens is 316 g/mol. The highest BCUT2D eigenvalue weighted by Crippen LogP contribution is 2.20. The second kappa shape index (κ2) is 6.68. The van der Waals surface area contributed by atoms with Gasteiger partial charge in [0, 0.05) is 30.3 Å². The number of benzene rings is 1. The number of nitrogens with zero attached hydrogens (tertiary/aromatic N) is 2. The Kier molecular flexibility index (Phi) is 4.43. The Morgan fingerprint density at radius 1 is 0.920 bits per heavy atom. The first-order valence-electron chi connectivity index (χ1n) is 7.95. The van der Waals surface area contributed by atoms with Crippen LogP contribution in [0.1, 0.15) is 32.2 Å². The van der Waals surface area contributed by atoms with Gasteiger partial charge in [0.2, 0.25) is 0 Å². The van der Waals surface area contributed by atoms with E-state index in [0.29, 0.717) is 11.3 Å². The molecule has 0 bridgehead atoms. The minimum absolute atomic E-state index is 0.349. The van der Waals surface area contributed by atoms with Crippen molar-refractivity contribution < 1.29 is 9.59 Å². The molecule has 3 rings (SSSR count). The van der Waals surface area contributed by atoms with Gasteiger partial charge in [-0.2, -0.15) is 0 Å². The maximum atomic E-state index is 12.5. The summed E-state index contributed by atoms with van der Waals surface area (Å²) in [7, 11) is 1.77. The van der Waals surface area contributed by atoms with Crippen LogP contribution in [0, 0.1) is 13.8 Å². The fourth-order valence-electron chi connectivity index (χ4n) is 2.91. The van der Waals surface area contributed by atoms with Crippen molar-refractivity contribution in [3.05, 3.63) is 77.4 Å². The predicted octanol–water partition coefficient (Wildman–Crippen LogP) is 2.51. The number of aromatic nitrogens is 2. The van der Waals surface area contributed by atoms with E-state index in [0.717, 1.165) is 17.1 Å². The standard InChI is InChI=1S/C19H20N4O2/c1-13-12-16(14(2)23(13)15-8-5-4-6-9-15)18(24)20-21-19(25)17-10-7-11-22(17)3/h4-12H,1-3H3,(H,20,24)(H,21,25). The molecule has 2 amide bonds. The number of aryl methyl sites for hydroxylation is 2. The van der Waals surface area contributed by atoms with Crippen molar-refractivity contribution in [2.45, 2.75) is 13.8 Å². The number of nitrogens with one attached hydrogen (secondary N) is 2. The number of hydrogen-bond acceptors (Lipinski definition) is 2. The molecule has 0 fully saturated rings. The summed E-state index contributed by atoms with van der Waals surface area (Å²) in [5.41, 5.74) is 8.67. The average Bonchev–Trinajstić information content (AvgIpc) is 3.16. The zero-order valence-corrected chi connectivity index (χ0v) is 14.4. The SMILES string of the molecule is Cc1cc(C(=O)NNC(=O)c2cccn2C)c(C)n1-c1ccccc1. The van der Waals surface area contributed by atoms with Crippen molar-refractivity contribution in [1.29, 1.82) is 0 Å². The van der Waals surface area contributed by atoms with Crippen molar-refractivity contribution in [2.24, 2.45) is 7.05 Å². The molecule has 6 heteroatoms. The maximum Gasteiger partial charge on any atom is 0.286 e. The van der Waals surface area contributed by atoms with Crippen LogP contribution in [-0.2, 0) is 7.05 Å². The summed E-state index contributed by atoms with van der Waals surface area (Å²) in [6.07, 6.45) is 1.77. The Bertz CT molecular complexity index is 922. The van der Waals surface area contributed by atoms with Crippen molar-refractivity contribution >= 4 is 11.8 Å². The van der Waals surface area contributed by atoms with Crippen LogP contribution in [-0.4, -0.2) is 20.9 Å². The van der Waals surface area contributed by atoms with E-state index in [1.165, 1.54) is 0 Å². The highest BCUT2D eigenvalue weighted by molar-refractivity contribution is 5.99. The molecule has 0 saturated carbocycles. The van der Waals surface area contributed by atoms with Gasteiger partial charge in [-0.05, 0) is 44.2 Å². The zero-order chi connectivity index (χ0) is 18.0. The summed E-state index contributed by atoms with van der Waals surface area (Å²) in [5, 5.41) is 0. The van der Waals surface area contributed by atoms with E-state index in [9.17, 15) is 9.59 Å². The van der Waals surface area contributed by atoms with E-state index in [-0.39, 0.29) is 11.8 Å². The first kappa shape index (κ1) is 16.6. The molecule has 6 nitrogen and oxygen atoms in total. The van der Waals surface area contributed by atoms with Gasteiger partial charge in [-0.3, -0.25) is 20.4 Å². The molecule has 0 spiro atoms. The lowest BCUT2D eigenvalue weighted by atomic mass is 10.2. The maximum absolute atomic E-state index is 12.5. The molecule has 25 heavy (non-hydrogen) atoms.